The number of aliphatic carboxylic acids is 1. The molecular formula is C14H22N2O2. The maximum Gasteiger partial charge on any atom is 0.323 e. The van der Waals surface area contributed by atoms with Crippen molar-refractivity contribution in [3.63, 3.8) is 0 Å². The van der Waals surface area contributed by atoms with Gasteiger partial charge in [-0.3, -0.25) is 4.79 Å². The fourth-order valence-electron chi connectivity index (χ4n) is 1.78. The van der Waals surface area contributed by atoms with Crippen molar-refractivity contribution in [1.29, 1.82) is 0 Å². The average Bonchev–Trinajstić information content (AvgIpc) is 2.28. The van der Waals surface area contributed by atoms with Gasteiger partial charge in [-0.25, -0.2) is 0 Å². The number of aryl methyl sites for hydroxylation is 1. The first-order valence-corrected chi connectivity index (χ1v) is 6.13. The van der Waals surface area contributed by atoms with Crippen LogP contribution in [0.15, 0.2) is 24.3 Å². The minimum atomic E-state index is -1.13. The Balaban J connectivity index is 2.47. The van der Waals surface area contributed by atoms with Crippen molar-refractivity contribution in [2.24, 2.45) is 5.73 Å². The summed E-state index contributed by atoms with van der Waals surface area (Å²) in [6.07, 6.45) is 1.22. The predicted octanol–water partition coefficient (Wildman–Crippen LogP) is 2.01. The molecule has 1 rings (SSSR count). The van der Waals surface area contributed by atoms with Gasteiger partial charge in [0, 0.05) is 19.3 Å². The van der Waals surface area contributed by atoms with Gasteiger partial charge in [-0.15, -0.1) is 0 Å². The van der Waals surface area contributed by atoms with Crippen molar-refractivity contribution in [2.75, 3.05) is 18.5 Å². The van der Waals surface area contributed by atoms with E-state index >= 15 is 0 Å². The molecule has 0 aromatic heterocycles. The van der Waals surface area contributed by atoms with Crippen LogP contribution in [0.2, 0.25) is 0 Å². The number of hydrogen-bond donors (Lipinski definition) is 2. The Bertz CT molecular complexity index is 416. The highest BCUT2D eigenvalue weighted by atomic mass is 16.4. The molecule has 0 radical (unpaired) electrons. The second kappa shape index (κ2) is 5.87. The number of carboxylic acid groups (broad SMARTS) is 1. The smallest absolute Gasteiger partial charge is 0.323 e. The quantitative estimate of drug-likeness (QED) is 0.810. The molecule has 4 nitrogen and oxygen atoms in total. The fourth-order valence-corrected chi connectivity index (χ4v) is 1.78. The number of anilines is 1. The summed E-state index contributed by atoms with van der Waals surface area (Å²) in [5.41, 5.74) is 6.92. The second-order valence-electron chi connectivity index (χ2n) is 5.09. The summed E-state index contributed by atoms with van der Waals surface area (Å²) >= 11 is 0. The van der Waals surface area contributed by atoms with Gasteiger partial charge >= 0.3 is 5.97 Å². The van der Waals surface area contributed by atoms with E-state index in [2.05, 4.69) is 24.0 Å². The van der Waals surface area contributed by atoms with E-state index in [0.717, 1.165) is 18.7 Å². The van der Waals surface area contributed by atoms with E-state index in [0.29, 0.717) is 6.42 Å². The largest absolute Gasteiger partial charge is 0.480 e. The Kier molecular flexibility index (Phi) is 4.73. The molecule has 1 aromatic carbocycles. The Morgan fingerprint density at radius 1 is 1.50 bits per heavy atom. The number of nitrogens with two attached hydrogens (primary N) is 1. The van der Waals surface area contributed by atoms with Crippen LogP contribution in [0.4, 0.5) is 5.69 Å². The van der Waals surface area contributed by atoms with Gasteiger partial charge in [0.2, 0.25) is 0 Å². The van der Waals surface area contributed by atoms with Crippen LogP contribution in [-0.2, 0) is 4.79 Å². The molecule has 0 saturated carbocycles. The maximum atomic E-state index is 10.9. The van der Waals surface area contributed by atoms with E-state index in [1.165, 1.54) is 5.56 Å². The van der Waals surface area contributed by atoms with Gasteiger partial charge in [0.05, 0.1) is 0 Å². The zero-order valence-corrected chi connectivity index (χ0v) is 11.3. The zero-order valence-electron chi connectivity index (χ0n) is 11.3. The average molecular weight is 250 g/mol. The second-order valence-corrected chi connectivity index (χ2v) is 5.09. The molecule has 0 bridgehead atoms. The van der Waals surface area contributed by atoms with Crippen molar-refractivity contribution in [1.82, 2.24) is 0 Å². The highest BCUT2D eigenvalue weighted by Gasteiger charge is 2.26. The van der Waals surface area contributed by atoms with E-state index < -0.39 is 11.5 Å². The molecular weight excluding hydrogens is 228 g/mol. The summed E-state index contributed by atoms with van der Waals surface area (Å²) in [4.78, 5) is 13.0. The highest BCUT2D eigenvalue weighted by Crippen LogP contribution is 2.16. The molecule has 18 heavy (non-hydrogen) atoms. The van der Waals surface area contributed by atoms with Gasteiger partial charge in [-0.1, -0.05) is 12.1 Å². The van der Waals surface area contributed by atoms with E-state index in [1.54, 1.807) is 6.92 Å². The summed E-state index contributed by atoms with van der Waals surface area (Å²) in [5, 5.41) is 8.92. The summed E-state index contributed by atoms with van der Waals surface area (Å²) in [5.74, 6) is -0.944. The first-order valence-electron chi connectivity index (χ1n) is 6.13. The minimum Gasteiger partial charge on any atom is -0.480 e. The number of hydrogen-bond acceptors (Lipinski definition) is 3. The minimum absolute atomic E-state index is 0.471. The normalized spacial score (nSPS) is 14.0. The van der Waals surface area contributed by atoms with Crippen molar-refractivity contribution >= 4 is 11.7 Å². The number of rotatable bonds is 6. The third-order valence-corrected chi connectivity index (χ3v) is 3.12. The molecule has 100 valence electrons. The number of benzene rings is 1. The Morgan fingerprint density at radius 3 is 2.72 bits per heavy atom. The van der Waals surface area contributed by atoms with E-state index in [9.17, 15) is 4.79 Å². The zero-order chi connectivity index (χ0) is 13.8. The molecule has 1 aromatic rings. The van der Waals surface area contributed by atoms with Crippen molar-refractivity contribution in [3.05, 3.63) is 29.8 Å². The molecule has 0 heterocycles. The first-order chi connectivity index (χ1) is 8.33. The first kappa shape index (κ1) is 14.5. The van der Waals surface area contributed by atoms with E-state index in [1.807, 2.05) is 19.2 Å². The van der Waals surface area contributed by atoms with Crippen LogP contribution < -0.4 is 10.6 Å². The van der Waals surface area contributed by atoms with Crippen LogP contribution in [0.25, 0.3) is 0 Å². The van der Waals surface area contributed by atoms with E-state index in [-0.39, 0.29) is 0 Å². The Morgan fingerprint density at radius 2 is 2.17 bits per heavy atom. The lowest BCUT2D eigenvalue weighted by molar-refractivity contribution is -0.142. The standard InChI is InChI=1S/C14H22N2O2/c1-11-6-4-7-12(10-11)16(3)9-5-8-14(2,15)13(17)18/h4,6-7,10H,5,8-9,15H2,1-3H3,(H,17,18). The summed E-state index contributed by atoms with van der Waals surface area (Å²) in [6.45, 7) is 4.41. The van der Waals surface area contributed by atoms with Crippen molar-refractivity contribution < 1.29 is 9.90 Å². The van der Waals surface area contributed by atoms with Crippen molar-refractivity contribution in [2.45, 2.75) is 32.2 Å². The van der Waals surface area contributed by atoms with Gasteiger partial charge in [0.1, 0.15) is 5.54 Å². The Labute approximate surface area is 108 Å². The van der Waals surface area contributed by atoms with E-state index in [4.69, 9.17) is 10.8 Å². The molecule has 0 amide bonds. The highest BCUT2D eigenvalue weighted by molar-refractivity contribution is 5.77. The van der Waals surface area contributed by atoms with Crippen molar-refractivity contribution in [3.8, 4) is 0 Å². The van der Waals surface area contributed by atoms with Gasteiger partial charge in [-0.2, -0.15) is 0 Å². The molecule has 3 N–H and O–H groups in total. The maximum absolute atomic E-state index is 10.9. The third kappa shape index (κ3) is 4.04. The van der Waals surface area contributed by atoms with Gasteiger partial charge in [-0.05, 0) is 44.4 Å². The van der Waals surface area contributed by atoms with Crippen LogP contribution in [-0.4, -0.2) is 30.2 Å². The topological polar surface area (TPSA) is 66.6 Å². The van der Waals surface area contributed by atoms with Gasteiger partial charge < -0.3 is 15.7 Å². The molecule has 0 spiro atoms. The molecule has 0 aliphatic heterocycles. The summed E-state index contributed by atoms with van der Waals surface area (Å²) in [6, 6.07) is 8.23. The Hall–Kier alpha value is -1.55. The van der Waals surface area contributed by atoms with Crippen LogP contribution in [0, 0.1) is 6.92 Å². The van der Waals surface area contributed by atoms with Crippen LogP contribution in [0.5, 0.6) is 0 Å². The van der Waals surface area contributed by atoms with Crippen LogP contribution in [0.3, 0.4) is 0 Å². The number of carboxylic acids is 1. The van der Waals surface area contributed by atoms with Gasteiger partial charge in [0.15, 0.2) is 0 Å². The van der Waals surface area contributed by atoms with Gasteiger partial charge in [0.25, 0.3) is 0 Å². The SMILES string of the molecule is Cc1cccc(N(C)CCCC(C)(N)C(=O)O)c1. The fraction of sp³-hybridized carbons (Fsp3) is 0.500. The molecule has 0 saturated heterocycles. The lowest BCUT2D eigenvalue weighted by Gasteiger charge is -2.23. The van der Waals surface area contributed by atoms with Crippen LogP contribution in [0.1, 0.15) is 25.3 Å². The lowest BCUT2D eigenvalue weighted by Crippen LogP contribution is -2.45. The summed E-state index contributed by atoms with van der Waals surface area (Å²) in [7, 11) is 2.00. The molecule has 1 atom stereocenters. The molecule has 4 heteroatoms. The number of nitrogens with zero attached hydrogens (tertiary/aromatic N) is 1. The number of carbonyl (C=O) groups is 1. The molecule has 0 fully saturated rings. The molecule has 0 aliphatic carbocycles. The molecule has 0 aliphatic rings. The lowest BCUT2D eigenvalue weighted by atomic mass is 9.97. The summed E-state index contributed by atoms with van der Waals surface area (Å²) < 4.78 is 0. The van der Waals surface area contributed by atoms with Crippen LogP contribution >= 0.6 is 0 Å². The predicted molar refractivity (Wildman–Crippen MR) is 73.9 cm³/mol. The monoisotopic (exact) mass is 250 g/mol. The molecule has 1 unspecified atom stereocenters. The third-order valence-electron chi connectivity index (χ3n) is 3.12.